The van der Waals surface area contributed by atoms with E-state index in [-0.39, 0.29) is 16.5 Å². The van der Waals surface area contributed by atoms with E-state index in [1.807, 2.05) is 45.0 Å². The minimum Gasteiger partial charge on any atom is -0.216 e. The molecule has 5 aromatic rings. The minimum absolute atomic E-state index is 0.0532. The molecule has 9 heteroatoms. The van der Waals surface area contributed by atoms with Gasteiger partial charge in [0.1, 0.15) is 11.4 Å². The Kier molecular flexibility index (Phi) is 5.71. The molecule has 0 spiro atoms. The monoisotopic (exact) mass is 530 g/mol. The molecule has 0 atom stereocenters. The maximum atomic E-state index is 15.3. The number of nitrogens with zero attached hydrogens (tertiary/aromatic N) is 2. The third-order valence-electron chi connectivity index (χ3n) is 6.70. The third kappa shape index (κ3) is 3.95. The molecule has 196 valence electrons. The molecule has 5 rings (SSSR count). The third-order valence-corrected chi connectivity index (χ3v) is 6.70. The molecule has 4 aromatic carbocycles. The normalized spacial score (nSPS) is 13.5. The van der Waals surface area contributed by atoms with Crippen molar-refractivity contribution >= 4 is 32.3 Å². The lowest BCUT2D eigenvalue weighted by Crippen LogP contribution is -2.51. The summed E-state index contributed by atoms with van der Waals surface area (Å²) in [5.74, 6) is 0. The lowest BCUT2D eigenvalue weighted by molar-refractivity contribution is -0.349. The Balaban J connectivity index is 1.92. The van der Waals surface area contributed by atoms with Crippen LogP contribution in [-0.2, 0) is 11.1 Å². The molecule has 0 saturated heterocycles. The van der Waals surface area contributed by atoms with Crippen molar-refractivity contribution in [1.82, 2.24) is 10.2 Å². The zero-order valence-corrected chi connectivity index (χ0v) is 20.5. The second-order valence-corrected chi connectivity index (χ2v) is 10.3. The van der Waals surface area contributed by atoms with Crippen molar-refractivity contribution in [3.8, 4) is 11.3 Å². The quantitative estimate of drug-likeness (QED) is 0.168. The lowest BCUT2D eigenvalue weighted by atomic mass is 9.82. The van der Waals surface area contributed by atoms with Crippen molar-refractivity contribution in [3.05, 3.63) is 84.1 Å². The predicted octanol–water partition coefficient (Wildman–Crippen LogP) is 9.19. The number of aromatic nitrogens is 2. The number of benzene rings is 4. The topological polar surface area (TPSA) is 25.8 Å². The van der Waals surface area contributed by atoms with Crippen LogP contribution in [-0.4, -0.2) is 22.5 Å². The van der Waals surface area contributed by atoms with E-state index >= 15 is 4.39 Å². The van der Waals surface area contributed by atoms with Gasteiger partial charge in [0.25, 0.3) is 0 Å². The SMILES string of the molecule is CC(C)(C)c1cc(-c2nnc(C(F)(C(F)(F)F)C(F)(F)F)c3cc4ccccc4cc23)cc2ccccc12. The van der Waals surface area contributed by atoms with Crippen molar-refractivity contribution in [3.63, 3.8) is 0 Å². The average Bonchev–Trinajstić information content (AvgIpc) is 2.83. The van der Waals surface area contributed by atoms with Crippen molar-refractivity contribution in [1.29, 1.82) is 0 Å². The molecule has 1 aromatic heterocycles. The molecule has 0 N–H and O–H groups in total. The van der Waals surface area contributed by atoms with E-state index in [0.717, 1.165) is 22.4 Å². The van der Waals surface area contributed by atoms with E-state index in [9.17, 15) is 26.3 Å². The van der Waals surface area contributed by atoms with Crippen LogP contribution in [0.15, 0.2) is 72.8 Å². The summed E-state index contributed by atoms with van der Waals surface area (Å²) in [7, 11) is 0. The van der Waals surface area contributed by atoms with Gasteiger partial charge in [-0.15, -0.1) is 5.10 Å². The summed E-state index contributed by atoms with van der Waals surface area (Å²) in [6.07, 6.45) is -12.6. The number of fused-ring (bicyclic) bond motifs is 3. The Morgan fingerprint density at radius 3 is 1.63 bits per heavy atom. The highest BCUT2D eigenvalue weighted by atomic mass is 19.4. The first kappa shape index (κ1) is 25.9. The maximum Gasteiger partial charge on any atom is 0.437 e. The van der Waals surface area contributed by atoms with Crippen LogP contribution in [0.3, 0.4) is 0 Å². The molecule has 0 saturated carbocycles. The highest BCUT2D eigenvalue weighted by Gasteiger charge is 2.75. The average molecular weight is 530 g/mol. The highest BCUT2D eigenvalue weighted by molar-refractivity contribution is 6.06. The molecule has 0 bridgehead atoms. The number of rotatable bonds is 2. The van der Waals surface area contributed by atoms with E-state index in [1.165, 1.54) is 12.1 Å². The summed E-state index contributed by atoms with van der Waals surface area (Å²) in [4.78, 5) is 0. The summed E-state index contributed by atoms with van der Waals surface area (Å²) in [6, 6.07) is 20.0. The molecule has 0 amide bonds. The molecule has 0 aliphatic rings. The van der Waals surface area contributed by atoms with Crippen molar-refractivity contribution in [2.75, 3.05) is 0 Å². The second kappa shape index (κ2) is 8.38. The molecule has 0 radical (unpaired) electrons. The number of hydrogen-bond donors (Lipinski definition) is 0. The van der Waals surface area contributed by atoms with Gasteiger partial charge in [-0.3, -0.25) is 0 Å². The first-order valence-electron chi connectivity index (χ1n) is 11.7. The largest absolute Gasteiger partial charge is 0.437 e. The highest BCUT2D eigenvalue weighted by Crippen LogP contribution is 2.54. The van der Waals surface area contributed by atoms with Crippen LogP contribution in [0.5, 0.6) is 0 Å². The molecule has 38 heavy (non-hydrogen) atoms. The molecule has 0 aliphatic carbocycles. The van der Waals surface area contributed by atoms with Crippen LogP contribution in [0, 0.1) is 0 Å². The number of halogens is 7. The fraction of sp³-hybridized carbons (Fsp3) is 0.241. The van der Waals surface area contributed by atoms with Crippen molar-refractivity contribution in [2.45, 2.75) is 44.2 Å². The van der Waals surface area contributed by atoms with Gasteiger partial charge >= 0.3 is 18.0 Å². The molecule has 0 aliphatic heterocycles. The Labute approximate surface area is 213 Å². The van der Waals surface area contributed by atoms with Gasteiger partial charge < -0.3 is 0 Å². The standard InChI is InChI=1S/C29H21F7N2/c1-26(2,3)23-15-19(12-18-10-6-7-11-20(18)23)24-21-13-16-8-4-5-9-17(16)14-22(21)25(38-37-24)27(30,28(31,32)33)29(34,35)36/h4-15H,1-3H3. The zero-order chi connectivity index (χ0) is 27.7. The maximum absolute atomic E-state index is 15.3. The second-order valence-electron chi connectivity index (χ2n) is 10.3. The van der Waals surface area contributed by atoms with E-state index in [4.69, 9.17) is 0 Å². The zero-order valence-electron chi connectivity index (χ0n) is 20.5. The molecular formula is C29H21F7N2. The van der Waals surface area contributed by atoms with Gasteiger partial charge in [-0.1, -0.05) is 69.3 Å². The van der Waals surface area contributed by atoms with Gasteiger partial charge in [0.15, 0.2) is 0 Å². The van der Waals surface area contributed by atoms with Crippen LogP contribution in [0.2, 0.25) is 0 Å². The van der Waals surface area contributed by atoms with Crippen molar-refractivity contribution < 1.29 is 30.7 Å². The first-order chi connectivity index (χ1) is 17.6. The Morgan fingerprint density at radius 1 is 0.553 bits per heavy atom. The fourth-order valence-electron chi connectivity index (χ4n) is 4.80. The van der Waals surface area contributed by atoms with Gasteiger partial charge in [-0.2, -0.15) is 31.4 Å². The first-order valence-corrected chi connectivity index (χ1v) is 11.7. The Morgan fingerprint density at radius 2 is 1.08 bits per heavy atom. The number of hydrogen-bond acceptors (Lipinski definition) is 2. The molecule has 0 fully saturated rings. The van der Waals surface area contributed by atoms with E-state index in [0.29, 0.717) is 16.3 Å². The van der Waals surface area contributed by atoms with Crippen LogP contribution in [0.1, 0.15) is 32.0 Å². The lowest BCUT2D eigenvalue weighted by Gasteiger charge is -2.30. The summed E-state index contributed by atoms with van der Waals surface area (Å²) < 4.78 is 97.8. The van der Waals surface area contributed by atoms with E-state index in [2.05, 4.69) is 10.2 Å². The summed E-state index contributed by atoms with van der Waals surface area (Å²) in [6.45, 7) is 5.97. The van der Waals surface area contributed by atoms with Crippen LogP contribution >= 0.6 is 0 Å². The van der Waals surface area contributed by atoms with Crippen LogP contribution in [0.25, 0.3) is 43.6 Å². The Bertz CT molecular complexity index is 1680. The van der Waals surface area contributed by atoms with Crippen LogP contribution < -0.4 is 0 Å². The van der Waals surface area contributed by atoms with Gasteiger partial charge in [-0.05, 0) is 56.8 Å². The summed E-state index contributed by atoms with van der Waals surface area (Å²) in [5, 5.41) is 9.06. The van der Waals surface area contributed by atoms with Gasteiger partial charge in [0, 0.05) is 16.3 Å². The van der Waals surface area contributed by atoms with Crippen LogP contribution in [0.4, 0.5) is 30.7 Å². The van der Waals surface area contributed by atoms with E-state index < -0.39 is 29.1 Å². The van der Waals surface area contributed by atoms with Gasteiger partial charge in [0.2, 0.25) is 0 Å². The van der Waals surface area contributed by atoms with Gasteiger partial charge in [-0.25, -0.2) is 4.39 Å². The molecular weight excluding hydrogens is 509 g/mol. The Hall–Kier alpha value is -3.75. The smallest absolute Gasteiger partial charge is 0.216 e. The summed E-state index contributed by atoms with van der Waals surface area (Å²) >= 11 is 0. The minimum atomic E-state index is -6.32. The molecule has 2 nitrogen and oxygen atoms in total. The number of alkyl halides is 7. The van der Waals surface area contributed by atoms with E-state index in [1.54, 1.807) is 30.3 Å². The molecule has 0 unspecified atom stereocenters. The van der Waals surface area contributed by atoms with Gasteiger partial charge in [0.05, 0.1) is 0 Å². The fourth-order valence-corrected chi connectivity index (χ4v) is 4.80. The molecule has 1 heterocycles. The van der Waals surface area contributed by atoms with Crippen molar-refractivity contribution in [2.24, 2.45) is 0 Å². The predicted molar refractivity (Wildman–Crippen MR) is 134 cm³/mol. The summed E-state index contributed by atoms with van der Waals surface area (Å²) in [5.41, 5.74) is -6.51.